The molecule has 6 nitrogen and oxygen atoms in total. The third-order valence-corrected chi connectivity index (χ3v) is 5.45. The highest BCUT2D eigenvalue weighted by atomic mass is 32.1. The lowest BCUT2D eigenvalue weighted by Gasteiger charge is -2.07. The Morgan fingerprint density at radius 2 is 1.86 bits per heavy atom. The van der Waals surface area contributed by atoms with Crippen LogP contribution >= 0.6 is 11.3 Å². The zero-order chi connectivity index (χ0) is 20.2. The maximum Gasteiger partial charge on any atom is 0.291 e. The van der Waals surface area contributed by atoms with Crippen molar-refractivity contribution >= 4 is 22.4 Å². The standard InChI is InChI=1S/C22H21N3O3S/c1-3-4-13-28-17-11-7-5-9-15(17)14-19-21(26)25-22(29-19)23-20(24-25)16-10-6-8-12-18(16)27-2/h5-12,14H,3-4,13H2,1-2H3. The number of thiazole rings is 1. The molecule has 0 aliphatic heterocycles. The number of para-hydroxylation sites is 2. The topological polar surface area (TPSA) is 65.7 Å². The van der Waals surface area contributed by atoms with Crippen LogP contribution in [0.1, 0.15) is 25.3 Å². The van der Waals surface area contributed by atoms with Crippen molar-refractivity contribution in [3.05, 3.63) is 69.0 Å². The third-order valence-electron chi connectivity index (χ3n) is 4.49. The van der Waals surface area contributed by atoms with Gasteiger partial charge in [-0.1, -0.05) is 55.0 Å². The Morgan fingerprint density at radius 1 is 1.10 bits per heavy atom. The summed E-state index contributed by atoms with van der Waals surface area (Å²) in [6, 6.07) is 15.2. The summed E-state index contributed by atoms with van der Waals surface area (Å²) in [6.07, 6.45) is 3.90. The molecule has 0 fully saturated rings. The van der Waals surface area contributed by atoms with Crippen molar-refractivity contribution in [2.75, 3.05) is 13.7 Å². The molecule has 148 valence electrons. The Hall–Kier alpha value is -3.19. The molecule has 0 atom stereocenters. The van der Waals surface area contributed by atoms with Crippen molar-refractivity contribution in [1.82, 2.24) is 14.6 Å². The highest BCUT2D eigenvalue weighted by Crippen LogP contribution is 2.27. The number of fused-ring (bicyclic) bond motifs is 1. The van der Waals surface area contributed by atoms with Crippen molar-refractivity contribution in [2.45, 2.75) is 19.8 Å². The first-order valence-electron chi connectivity index (χ1n) is 9.47. The molecule has 0 unspecified atom stereocenters. The average molecular weight is 407 g/mol. The second kappa shape index (κ2) is 8.45. The Labute approximate surface area is 172 Å². The summed E-state index contributed by atoms with van der Waals surface area (Å²) in [5.41, 5.74) is 1.43. The van der Waals surface area contributed by atoms with E-state index in [1.807, 2.05) is 54.6 Å². The van der Waals surface area contributed by atoms with Crippen LogP contribution in [0.4, 0.5) is 0 Å². The highest BCUT2D eigenvalue weighted by molar-refractivity contribution is 7.15. The quantitative estimate of drug-likeness (QED) is 0.438. The molecule has 7 heteroatoms. The SMILES string of the molecule is CCCCOc1ccccc1C=c1sc2nc(-c3ccccc3OC)nn2c1=O. The van der Waals surface area contributed by atoms with Crippen LogP contribution in [0.5, 0.6) is 11.5 Å². The number of hydrogen-bond acceptors (Lipinski definition) is 6. The number of nitrogens with zero attached hydrogens (tertiary/aromatic N) is 3. The first-order valence-corrected chi connectivity index (χ1v) is 10.3. The molecule has 0 bridgehead atoms. The van der Waals surface area contributed by atoms with E-state index in [2.05, 4.69) is 17.0 Å². The molecule has 29 heavy (non-hydrogen) atoms. The van der Waals surface area contributed by atoms with E-state index in [1.54, 1.807) is 7.11 Å². The van der Waals surface area contributed by atoms with Gasteiger partial charge in [-0.25, -0.2) is 0 Å². The van der Waals surface area contributed by atoms with Crippen LogP contribution in [0.3, 0.4) is 0 Å². The van der Waals surface area contributed by atoms with Gasteiger partial charge in [0.05, 0.1) is 23.8 Å². The van der Waals surface area contributed by atoms with Crippen LogP contribution in [-0.2, 0) is 0 Å². The second-order valence-corrected chi connectivity index (χ2v) is 7.49. The van der Waals surface area contributed by atoms with Gasteiger partial charge in [-0.3, -0.25) is 4.79 Å². The highest BCUT2D eigenvalue weighted by Gasteiger charge is 2.15. The van der Waals surface area contributed by atoms with Crippen LogP contribution in [0, 0.1) is 0 Å². The smallest absolute Gasteiger partial charge is 0.291 e. The third kappa shape index (κ3) is 3.86. The normalized spacial score (nSPS) is 11.9. The van der Waals surface area contributed by atoms with Gasteiger partial charge in [0, 0.05) is 5.56 Å². The van der Waals surface area contributed by atoms with Gasteiger partial charge in [-0.05, 0) is 30.7 Å². The molecule has 0 saturated carbocycles. The number of benzene rings is 2. The van der Waals surface area contributed by atoms with Gasteiger partial charge in [0.25, 0.3) is 5.56 Å². The van der Waals surface area contributed by atoms with Gasteiger partial charge in [0.15, 0.2) is 5.82 Å². The Kier molecular flexibility index (Phi) is 5.57. The van der Waals surface area contributed by atoms with Gasteiger partial charge < -0.3 is 9.47 Å². The summed E-state index contributed by atoms with van der Waals surface area (Å²) in [7, 11) is 1.60. The minimum atomic E-state index is -0.193. The van der Waals surface area contributed by atoms with E-state index in [1.165, 1.54) is 15.9 Å². The summed E-state index contributed by atoms with van der Waals surface area (Å²) in [6.45, 7) is 2.78. The van der Waals surface area contributed by atoms with Crippen LogP contribution in [-0.4, -0.2) is 28.3 Å². The molecule has 0 aliphatic carbocycles. The largest absolute Gasteiger partial charge is 0.496 e. The molecule has 0 amide bonds. The molecule has 2 aromatic heterocycles. The second-order valence-electron chi connectivity index (χ2n) is 6.49. The fourth-order valence-electron chi connectivity index (χ4n) is 2.98. The van der Waals surface area contributed by atoms with E-state index in [0.29, 0.717) is 27.7 Å². The first-order chi connectivity index (χ1) is 14.2. The van der Waals surface area contributed by atoms with Crippen LogP contribution < -0.4 is 19.6 Å². The summed E-state index contributed by atoms with van der Waals surface area (Å²) in [5, 5.41) is 4.41. The molecule has 2 heterocycles. The van der Waals surface area contributed by atoms with E-state index >= 15 is 0 Å². The van der Waals surface area contributed by atoms with E-state index in [-0.39, 0.29) is 5.56 Å². The van der Waals surface area contributed by atoms with Gasteiger partial charge in [-0.15, -0.1) is 5.10 Å². The zero-order valence-corrected chi connectivity index (χ0v) is 17.1. The van der Waals surface area contributed by atoms with Gasteiger partial charge in [0.1, 0.15) is 11.5 Å². The van der Waals surface area contributed by atoms with E-state index < -0.39 is 0 Å². The number of ether oxygens (including phenoxy) is 2. The monoisotopic (exact) mass is 407 g/mol. The van der Waals surface area contributed by atoms with Gasteiger partial charge in [-0.2, -0.15) is 9.50 Å². The predicted octanol–water partition coefficient (Wildman–Crippen LogP) is 3.55. The molecule has 0 radical (unpaired) electrons. The predicted molar refractivity (Wildman–Crippen MR) is 115 cm³/mol. The molecule has 2 aromatic carbocycles. The van der Waals surface area contributed by atoms with Crippen molar-refractivity contribution in [1.29, 1.82) is 0 Å². The molecule has 0 aliphatic rings. The Bertz CT molecular complexity index is 1250. The molecular formula is C22H21N3O3S. The average Bonchev–Trinajstić information content (AvgIpc) is 3.29. The minimum absolute atomic E-state index is 0.193. The van der Waals surface area contributed by atoms with Crippen LogP contribution in [0.15, 0.2) is 53.3 Å². The number of methoxy groups -OCH3 is 1. The number of rotatable bonds is 7. The van der Waals surface area contributed by atoms with E-state index in [0.717, 1.165) is 29.7 Å². The van der Waals surface area contributed by atoms with E-state index in [4.69, 9.17) is 9.47 Å². The molecular weight excluding hydrogens is 386 g/mol. The van der Waals surface area contributed by atoms with Gasteiger partial charge in [0.2, 0.25) is 4.96 Å². The minimum Gasteiger partial charge on any atom is -0.496 e. The molecule has 4 aromatic rings. The number of hydrogen-bond donors (Lipinski definition) is 0. The zero-order valence-electron chi connectivity index (χ0n) is 16.3. The summed E-state index contributed by atoms with van der Waals surface area (Å²) < 4.78 is 13.2. The van der Waals surface area contributed by atoms with Crippen molar-refractivity contribution in [3.63, 3.8) is 0 Å². The molecule has 0 saturated heterocycles. The fourth-order valence-corrected chi connectivity index (χ4v) is 3.87. The summed E-state index contributed by atoms with van der Waals surface area (Å²) >= 11 is 1.31. The maximum absolute atomic E-state index is 12.9. The lowest BCUT2D eigenvalue weighted by molar-refractivity contribution is 0.309. The lowest BCUT2D eigenvalue weighted by Crippen LogP contribution is -2.23. The number of aromatic nitrogens is 3. The first kappa shape index (κ1) is 19.1. The number of unbranched alkanes of at least 4 members (excludes halogenated alkanes) is 1. The van der Waals surface area contributed by atoms with Crippen molar-refractivity contribution in [2.24, 2.45) is 0 Å². The van der Waals surface area contributed by atoms with Crippen molar-refractivity contribution in [3.8, 4) is 22.9 Å². The Balaban J connectivity index is 1.73. The molecule has 0 spiro atoms. The van der Waals surface area contributed by atoms with Crippen LogP contribution in [0.25, 0.3) is 22.4 Å². The summed E-state index contributed by atoms with van der Waals surface area (Å²) in [5.74, 6) is 1.91. The van der Waals surface area contributed by atoms with Gasteiger partial charge >= 0.3 is 0 Å². The molecule has 4 rings (SSSR count). The maximum atomic E-state index is 12.9. The van der Waals surface area contributed by atoms with Crippen LogP contribution in [0.2, 0.25) is 0 Å². The Morgan fingerprint density at radius 3 is 2.62 bits per heavy atom. The van der Waals surface area contributed by atoms with Crippen molar-refractivity contribution < 1.29 is 9.47 Å². The lowest BCUT2D eigenvalue weighted by atomic mass is 10.2. The summed E-state index contributed by atoms with van der Waals surface area (Å²) in [4.78, 5) is 18.0. The molecule has 0 N–H and O–H groups in total. The van der Waals surface area contributed by atoms with E-state index in [9.17, 15) is 4.79 Å². The fraction of sp³-hybridized carbons (Fsp3) is 0.227.